The van der Waals surface area contributed by atoms with Crippen LogP contribution >= 0.6 is 0 Å². The molecule has 0 saturated carbocycles. The molecule has 1 atom stereocenters. The molecule has 0 spiro atoms. The van der Waals surface area contributed by atoms with Gasteiger partial charge in [-0.3, -0.25) is 4.90 Å². The first-order chi connectivity index (χ1) is 16.8. The van der Waals surface area contributed by atoms with E-state index in [1.807, 2.05) is 6.07 Å². The molecule has 0 bridgehead atoms. The summed E-state index contributed by atoms with van der Waals surface area (Å²) in [5.74, 6) is -4.90. The monoisotopic (exact) mass is 479 g/mol. The molecule has 1 aliphatic rings. The highest BCUT2D eigenvalue weighted by molar-refractivity contribution is 6.06. The summed E-state index contributed by atoms with van der Waals surface area (Å²) in [4.78, 5) is 39.3. The molecule has 2 N–H and O–H groups in total. The number of nitrogens with zero attached hydrogens (tertiary/aromatic N) is 2. The number of carbonyl (C=O) groups excluding carboxylic acids is 3. The van der Waals surface area contributed by atoms with Crippen LogP contribution in [0.2, 0.25) is 0 Å². The summed E-state index contributed by atoms with van der Waals surface area (Å²) >= 11 is 0. The molecule has 2 aromatic rings. The van der Waals surface area contributed by atoms with E-state index in [0.717, 1.165) is 31.3 Å². The summed E-state index contributed by atoms with van der Waals surface area (Å²) in [5.41, 5.74) is 5.87. The van der Waals surface area contributed by atoms with Crippen molar-refractivity contribution in [2.75, 3.05) is 25.7 Å². The zero-order valence-corrected chi connectivity index (χ0v) is 19.2. The standard InChI is InChI=1S/C25H22FN3O6/c1-4-35-23(30)15-10-16(26)12-17(11-15)29-21(25(32)34-3)20(24(31)33-2)19(18(13-27)22(29)28)14-8-6-5-7-9-14/h5-12,19H,4,28H2,1-3H3. The summed E-state index contributed by atoms with van der Waals surface area (Å²) in [6, 6.07) is 13.6. The summed E-state index contributed by atoms with van der Waals surface area (Å²) in [6.07, 6.45) is 0. The predicted octanol–water partition coefficient (Wildman–Crippen LogP) is 2.90. The maximum absolute atomic E-state index is 14.6. The Morgan fingerprint density at radius 3 is 2.29 bits per heavy atom. The number of esters is 3. The van der Waals surface area contributed by atoms with Crippen LogP contribution in [-0.2, 0) is 23.8 Å². The number of methoxy groups -OCH3 is 2. The molecule has 0 fully saturated rings. The zero-order chi connectivity index (χ0) is 25.7. The zero-order valence-electron chi connectivity index (χ0n) is 19.2. The first-order valence-corrected chi connectivity index (χ1v) is 10.4. The number of nitriles is 1. The van der Waals surface area contributed by atoms with Gasteiger partial charge in [0.2, 0.25) is 0 Å². The lowest BCUT2D eigenvalue weighted by Crippen LogP contribution is -2.40. The van der Waals surface area contributed by atoms with E-state index < -0.39 is 29.6 Å². The predicted molar refractivity (Wildman–Crippen MR) is 122 cm³/mol. The van der Waals surface area contributed by atoms with E-state index in [1.165, 1.54) is 6.07 Å². The number of hydrogen-bond acceptors (Lipinski definition) is 9. The fourth-order valence-corrected chi connectivity index (χ4v) is 3.82. The fraction of sp³-hybridized carbons (Fsp3) is 0.200. The van der Waals surface area contributed by atoms with Gasteiger partial charge in [0.25, 0.3) is 0 Å². The average Bonchev–Trinajstić information content (AvgIpc) is 2.87. The number of halogens is 1. The Labute approximate surface area is 200 Å². The van der Waals surface area contributed by atoms with Crippen LogP contribution in [0.15, 0.2) is 71.2 Å². The third-order valence-electron chi connectivity index (χ3n) is 5.26. The van der Waals surface area contributed by atoms with Crippen LogP contribution in [0, 0.1) is 17.1 Å². The maximum atomic E-state index is 14.6. The van der Waals surface area contributed by atoms with Crippen molar-refractivity contribution < 1.29 is 33.0 Å². The van der Waals surface area contributed by atoms with Crippen LogP contribution < -0.4 is 10.6 Å². The first kappa shape index (κ1) is 25.0. The van der Waals surface area contributed by atoms with Crippen molar-refractivity contribution in [3.05, 3.63) is 88.1 Å². The van der Waals surface area contributed by atoms with E-state index >= 15 is 0 Å². The normalized spacial score (nSPS) is 15.4. The van der Waals surface area contributed by atoms with E-state index in [9.17, 15) is 24.0 Å². The highest BCUT2D eigenvalue weighted by Gasteiger charge is 2.43. The molecular formula is C25H22FN3O6. The van der Waals surface area contributed by atoms with Gasteiger partial charge in [-0.1, -0.05) is 30.3 Å². The average molecular weight is 479 g/mol. The van der Waals surface area contributed by atoms with Crippen LogP contribution in [0.1, 0.15) is 28.8 Å². The van der Waals surface area contributed by atoms with Crippen molar-refractivity contribution in [1.82, 2.24) is 0 Å². The molecule has 35 heavy (non-hydrogen) atoms. The van der Waals surface area contributed by atoms with Crippen molar-refractivity contribution in [3.63, 3.8) is 0 Å². The molecule has 9 nitrogen and oxygen atoms in total. The van der Waals surface area contributed by atoms with Gasteiger partial charge in [-0.25, -0.2) is 18.8 Å². The van der Waals surface area contributed by atoms with Gasteiger partial charge in [0.05, 0.1) is 55.2 Å². The summed E-state index contributed by atoms with van der Waals surface area (Å²) in [6.45, 7) is 1.64. The Kier molecular flexibility index (Phi) is 7.51. The second kappa shape index (κ2) is 10.5. The van der Waals surface area contributed by atoms with E-state index in [1.54, 1.807) is 37.3 Å². The molecular weight excluding hydrogens is 457 g/mol. The van der Waals surface area contributed by atoms with Crippen molar-refractivity contribution in [1.29, 1.82) is 5.26 Å². The number of rotatable bonds is 6. The topological polar surface area (TPSA) is 132 Å². The second-order valence-electron chi connectivity index (χ2n) is 7.25. The molecule has 3 rings (SSSR count). The van der Waals surface area contributed by atoms with E-state index in [-0.39, 0.29) is 40.5 Å². The molecule has 1 unspecified atom stereocenters. The van der Waals surface area contributed by atoms with E-state index in [4.69, 9.17) is 19.9 Å². The van der Waals surface area contributed by atoms with Gasteiger partial charge in [-0.2, -0.15) is 5.26 Å². The molecule has 0 saturated heterocycles. The molecule has 10 heteroatoms. The molecule has 1 aliphatic heterocycles. The number of hydrogen-bond donors (Lipinski definition) is 1. The number of benzene rings is 2. The minimum atomic E-state index is -1.07. The van der Waals surface area contributed by atoms with Crippen molar-refractivity contribution in [3.8, 4) is 6.07 Å². The number of anilines is 1. The molecule has 0 radical (unpaired) electrons. The van der Waals surface area contributed by atoms with Gasteiger partial charge >= 0.3 is 17.9 Å². The van der Waals surface area contributed by atoms with Gasteiger partial charge in [-0.15, -0.1) is 0 Å². The number of nitrogens with two attached hydrogens (primary N) is 1. The number of ether oxygens (including phenoxy) is 3. The lowest BCUT2D eigenvalue weighted by molar-refractivity contribution is -0.139. The Morgan fingerprint density at radius 1 is 1.06 bits per heavy atom. The molecule has 0 aromatic heterocycles. The molecule has 1 heterocycles. The summed E-state index contributed by atoms with van der Waals surface area (Å²) < 4.78 is 29.4. The highest BCUT2D eigenvalue weighted by Crippen LogP contribution is 2.43. The third kappa shape index (κ3) is 4.70. The molecule has 0 aliphatic carbocycles. The first-order valence-electron chi connectivity index (χ1n) is 10.4. The van der Waals surface area contributed by atoms with Crippen molar-refractivity contribution >= 4 is 23.6 Å². The van der Waals surface area contributed by atoms with E-state index in [0.29, 0.717) is 5.56 Å². The largest absolute Gasteiger partial charge is 0.466 e. The fourth-order valence-electron chi connectivity index (χ4n) is 3.82. The highest BCUT2D eigenvalue weighted by atomic mass is 19.1. The van der Waals surface area contributed by atoms with Crippen LogP contribution in [0.5, 0.6) is 0 Å². The van der Waals surface area contributed by atoms with E-state index in [2.05, 4.69) is 0 Å². The lowest BCUT2D eigenvalue weighted by Gasteiger charge is -2.36. The Morgan fingerprint density at radius 2 is 1.71 bits per heavy atom. The summed E-state index contributed by atoms with van der Waals surface area (Å²) in [5, 5.41) is 10.0. The molecule has 180 valence electrons. The van der Waals surface area contributed by atoms with Gasteiger partial charge in [0.15, 0.2) is 0 Å². The van der Waals surface area contributed by atoms with Crippen LogP contribution in [-0.4, -0.2) is 38.7 Å². The van der Waals surface area contributed by atoms with Crippen LogP contribution in [0.25, 0.3) is 0 Å². The van der Waals surface area contributed by atoms with Crippen molar-refractivity contribution in [2.45, 2.75) is 12.8 Å². The van der Waals surface area contributed by atoms with Gasteiger partial charge in [0, 0.05) is 0 Å². The third-order valence-corrected chi connectivity index (χ3v) is 5.26. The minimum Gasteiger partial charge on any atom is -0.466 e. The Hall–Kier alpha value is -4.65. The Bertz CT molecular complexity index is 1280. The smallest absolute Gasteiger partial charge is 0.355 e. The summed E-state index contributed by atoms with van der Waals surface area (Å²) in [7, 11) is 2.21. The lowest BCUT2D eigenvalue weighted by atomic mass is 9.81. The second-order valence-corrected chi connectivity index (χ2v) is 7.25. The SMILES string of the molecule is CCOC(=O)c1cc(F)cc(N2C(N)=C(C#N)C(c3ccccc3)C(C(=O)OC)=C2C(=O)OC)c1. The van der Waals surface area contributed by atoms with Crippen molar-refractivity contribution in [2.24, 2.45) is 5.73 Å². The number of allylic oxidation sites excluding steroid dienone is 1. The van der Waals surface area contributed by atoms with Crippen LogP contribution in [0.3, 0.4) is 0 Å². The van der Waals surface area contributed by atoms with Gasteiger partial charge in [0.1, 0.15) is 17.3 Å². The van der Waals surface area contributed by atoms with Crippen LogP contribution in [0.4, 0.5) is 10.1 Å². The number of carbonyl (C=O) groups is 3. The minimum absolute atomic E-state index is 0.0492. The maximum Gasteiger partial charge on any atom is 0.355 e. The Balaban J connectivity index is 2.40. The molecule has 2 aromatic carbocycles. The quantitative estimate of drug-likeness (QED) is 0.490. The van der Waals surface area contributed by atoms with Gasteiger partial charge in [-0.05, 0) is 30.7 Å². The molecule has 0 amide bonds. The van der Waals surface area contributed by atoms with Gasteiger partial charge < -0.3 is 19.9 Å².